The molecular formula is C26H32N6O3. The molecule has 2 bridgehead atoms. The van der Waals surface area contributed by atoms with Crippen LogP contribution in [0.2, 0.25) is 0 Å². The van der Waals surface area contributed by atoms with E-state index in [-0.39, 0.29) is 28.8 Å². The third kappa shape index (κ3) is 3.98. The summed E-state index contributed by atoms with van der Waals surface area (Å²) in [6.07, 6.45) is 4.81. The number of piperidine rings is 2. The Morgan fingerprint density at radius 3 is 2.46 bits per heavy atom. The molecule has 0 radical (unpaired) electrons. The van der Waals surface area contributed by atoms with Crippen LogP contribution in [0, 0.1) is 0 Å². The number of aromatic nitrogens is 3. The summed E-state index contributed by atoms with van der Waals surface area (Å²) in [5.74, 6) is 0.503. The van der Waals surface area contributed by atoms with Gasteiger partial charge in [0.1, 0.15) is 11.4 Å². The summed E-state index contributed by atoms with van der Waals surface area (Å²) in [6.45, 7) is 4.29. The van der Waals surface area contributed by atoms with Gasteiger partial charge in [-0.05, 0) is 70.2 Å². The SMILES string of the molecule is CNC(=O)c1ccc2cc(-c3ccc(N(C)[C@H]4C[C@]5(C)CCC[C@](C)(C4)N5O)nn3)c(O)cc2n1. The average molecular weight is 477 g/mol. The zero-order chi connectivity index (χ0) is 25.0. The summed E-state index contributed by atoms with van der Waals surface area (Å²) in [7, 11) is 3.59. The average Bonchev–Trinajstić information content (AvgIpc) is 2.84. The van der Waals surface area contributed by atoms with Gasteiger partial charge in [0.25, 0.3) is 5.91 Å². The topological polar surface area (TPSA) is 115 Å². The number of benzene rings is 1. The summed E-state index contributed by atoms with van der Waals surface area (Å²) in [5, 5.41) is 35.3. The van der Waals surface area contributed by atoms with Crippen molar-refractivity contribution in [1.29, 1.82) is 0 Å². The lowest BCUT2D eigenvalue weighted by molar-refractivity contribution is -0.273. The van der Waals surface area contributed by atoms with Gasteiger partial charge in [-0.3, -0.25) is 4.79 Å². The van der Waals surface area contributed by atoms with E-state index in [1.165, 1.54) is 0 Å². The van der Waals surface area contributed by atoms with Crippen LogP contribution >= 0.6 is 0 Å². The number of rotatable bonds is 4. The van der Waals surface area contributed by atoms with Crippen molar-refractivity contribution in [2.75, 3.05) is 19.0 Å². The molecule has 4 heterocycles. The maximum atomic E-state index is 11.9. The number of nitrogens with one attached hydrogen (secondary N) is 1. The van der Waals surface area contributed by atoms with Crippen molar-refractivity contribution in [3.8, 4) is 17.0 Å². The zero-order valence-electron chi connectivity index (χ0n) is 20.6. The van der Waals surface area contributed by atoms with Crippen LogP contribution < -0.4 is 10.2 Å². The smallest absolute Gasteiger partial charge is 0.269 e. The Bertz CT molecular complexity index is 1260. The normalized spacial score (nSPS) is 26.5. The molecule has 2 saturated heterocycles. The van der Waals surface area contributed by atoms with Crippen LogP contribution in [0.5, 0.6) is 5.75 Å². The Hall–Kier alpha value is -3.30. The van der Waals surface area contributed by atoms with Crippen molar-refractivity contribution < 1.29 is 15.1 Å². The van der Waals surface area contributed by atoms with Crippen molar-refractivity contribution in [2.45, 2.75) is 63.1 Å². The highest BCUT2D eigenvalue weighted by Gasteiger charge is 2.53. The molecule has 9 heteroatoms. The zero-order valence-corrected chi connectivity index (χ0v) is 20.6. The fourth-order valence-electron chi connectivity index (χ4n) is 5.92. The van der Waals surface area contributed by atoms with Gasteiger partial charge in [-0.15, -0.1) is 10.2 Å². The van der Waals surface area contributed by atoms with Gasteiger partial charge in [-0.25, -0.2) is 4.98 Å². The number of pyridine rings is 1. The number of hydrogen-bond donors (Lipinski definition) is 3. The first-order chi connectivity index (χ1) is 16.6. The number of carbonyl (C=O) groups is 1. The maximum Gasteiger partial charge on any atom is 0.269 e. The molecule has 35 heavy (non-hydrogen) atoms. The number of hydroxylamine groups is 2. The monoisotopic (exact) mass is 476 g/mol. The van der Waals surface area contributed by atoms with Gasteiger partial charge in [0.2, 0.25) is 0 Å². The van der Waals surface area contributed by atoms with Gasteiger partial charge in [-0.2, -0.15) is 5.06 Å². The van der Waals surface area contributed by atoms with Crippen LogP contribution in [0.15, 0.2) is 36.4 Å². The van der Waals surface area contributed by atoms with Crippen molar-refractivity contribution in [1.82, 2.24) is 25.6 Å². The molecule has 0 unspecified atom stereocenters. The third-order valence-electron chi connectivity index (χ3n) is 7.91. The van der Waals surface area contributed by atoms with Crippen molar-refractivity contribution >= 4 is 22.6 Å². The molecule has 2 aromatic heterocycles. The van der Waals surface area contributed by atoms with Crippen molar-refractivity contribution in [3.05, 3.63) is 42.1 Å². The number of nitrogens with zero attached hydrogens (tertiary/aromatic N) is 5. The molecule has 2 fully saturated rings. The number of fused-ring (bicyclic) bond motifs is 3. The fourth-order valence-corrected chi connectivity index (χ4v) is 5.92. The Labute approximate surface area is 204 Å². The van der Waals surface area contributed by atoms with E-state index in [1.807, 2.05) is 19.2 Å². The molecule has 1 aromatic carbocycles. The molecule has 0 saturated carbocycles. The second kappa shape index (κ2) is 8.42. The van der Waals surface area contributed by atoms with Gasteiger partial charge < -0.3 is 20.5 Å². The summed E-state index contributed by atoms with van der Waals surface area (Å²) in [4.78, 5) is 18.4. The van der Waals surface area contributed by atoms with Crippen molar-refractivity contribution in [3.63, 3.8) is 0 Å². The largest absolute Gasteiger partial charge is 0.507 e. The minimum Gasteiger partial charge on any atom is -0.507 e. The molecular weight excluding hydrogens is 444 g/mol. The summed E-state index contributed by atoms with van der Waals surface area (Å²) < 4.78 is 0. The highest BCUT2D eigenvalue weighted by atomic mass is 16.5. The van der Waals surface area contributed by atoms with E-state index in [9.17, 15) is 15.1 Å². The highest BCUT2D eigenvalue weighted by molar-refractivity contribution is 5.96. The van der Waals surface area contributed by atoms with Crippen LogP contribution in [0.1, 0.15) is 56.4 Å². The molecule has 2 aliphatic rings. The minimum absolute atomic E-state index is 0.0263. The minimum atomic E-state index is -0.280. The van der Waals surface area contributed by atoms with Gasteiger partial charge in [0.15, 0.2) is 5.82 Å². The Morgan fingerprint density at radius 2 is 1.83 bits per heavy atom. The molecule has 3 atom stereocenters. The lowest BCUT2D eigenvalue weighted by atomic mass is 9.68. The molecule has 0 aliphatic carbocycles. The highest BCUT2D eigenvalue weighted by Crippen LogP contribution is 2.48. The van der Waals surface area contributed by atoms with E-state index in [4.69, 9.17) is 0 Å². The van der Waals surface area contributed by atoms with Gasteiger partial charge in [0, 0.05) is 48.2 Å². The molecule has 0 spiro atoms. The van der Waals surface area contributed by atoms with E-state index in [0.29, 0.717) is 22.5 Å². The van der Waals surface area contributed by atoms with Gasteiger partial charge >= 0.3 is 0 Å². The fraction of sp³-hybridized carbons (Fsp3) is 0.462. The van der Waals surface area contributed by atoms with E-state index in [1.54, 1.807) is 36.4 Å². The van der Waals surface area contributed by atoms with Crippen LogP contribution in [-0.2, 0) is 0 Å². The van der Waals surface area contributed by atoms with E-state index >= 15 is 0 Å². The Morgan fingerprint density at radius 1 is 1.11 bits per heavy atom. The van der Waals surface area contributed by atoms with E-state index in [0.717, 1.165) is 43.3 Å². The number of carbonyl (C=O) groups excluding carboxylic acids is 1. The molecule has 3 N–H and O–H groups in total. The van der Waals surface area contributed by atoms with Crippen LogP contribution in [-0.4, -0.2) is 67.7 Å². The predicted octanol–water partition coefficient (Wildman–Crippen LogP) is 3.75. The quantitative estimate of drug-likeness (QED) is 0.522. The molecule has 9 nitrogen and oxygen atoms in total. The summed E-state index contributed by atoms with van der Waals surface area (Å²) >= 11 is 0. The molecule has 5 rings (SSSR count). The van der Waals surface area contributed by atoms with Gasteiger partial charge in [-0.1, -0.05) is 6.07 Å². The second-order valence-electron chi connectivity index (χ2n) is 10.4. The number of aromatic hydroxyl groups is 1. The second-order valence-corrected chi connectivity index (χ2v) is 10.4. The Kier molecular flexibility index (Phi) is 5.64. The predicted molar refractivity (Wildman–Crippen MR) is 134 cm³/mol. The third-order valence-corrected chi connectivity index (χ3v) is 7.91. The molecule has 184 valence electrons. The molecule has 3 aromatic rings. The lowest BCUT2D eigenvalue weighted by Crippen LogP contribution is -2.67. The maximum absolute atomic E-state index is 11.9. The van der Waals surface area contributed by atoms with Gasteiger partial charge in [0.05, 0.1) is 11.2 Å². The number of anilines is 1. The Balaban J connectivity index is 1.40. The first-order valence-electron chi connectivity index (χ1n) is 12.1. The van der Waals surface area contributed by atoms with Crippen LogP contribution in [0.4, 0.5) is 5.82 Å². The van der Waals surface area contributed by atoms with E-state index < -0.39 is 0 Å². The summed E-state index contributed by atoms with van der Waals surface area (Å²) in [5.41, 5.74) is 1.45. The van der Waals surface area contributed by atoms with Crippen LogP contribution in [0.3, 0.4) is 0 Å². The lowest BCUT2D eigenvalue weighted by Gasteiger charge is -2.59. The number of amides is 1. The molecule has 1 amide bonds. The number of phenols is 1. The van der Waals surface area contributed by atoms with Crippen molar-refractivity contribution in [2.24, 2.45) is 0 Å². The standard InChI is InChI=1S/C26H32N6O3/c1-25-10-5-11-26(2,32(25)35)15-17(14-25)31(4)23-9-8-19(29-30-23)18-12-16-6-7-20(24(34)27-3)28-21(16)13-22(18)33/h6-9,12-13,17,33,35H,5,10-11,14-15H2,1-4H3,(H,27,34)/t17-,25-,26+. The van der Waals surface area contributed by atoms with E-state index in [2.05, 4.69) is 39.2 Å². The first-order valence-corrected chi connectivity index (χ1v) is 12.1. The molecule has 2 aliphatic heterocycles. The number of hydrogen-bond acceptors (Lipinski definition) is 8. The van der Waals surface area contributed by atoms with Crippen LogP contribution in [0.25, 0.3) is 22.2 Å². The first kappa shape index (κ1) is 23.4. The number of phenolic OH excluding ortho intramolecular Hbond substituents is 1. The summed E-state index contributed by atoms with van der Waals surface area (Å²) in [6, 6.07) is 10.8.